The molecule has 4 fully saturated rings. The Bertz CT molecular complexity index is 880. The smallest absolute Gasteiger partial charge is 0.150 e. The lowest BCUT2D eigenvalue weighted by Crippen LogP contribution is -2.60. The molecule has 25 heavy (non-hydrogen) atoms. The van der Waals surface area contributed by atoms with Crippen LogP contribution in [0.15, 0.2) is 42.6 Å². The van der Waals surface area contributed by atoms with E-state index >= 15 is 0 Å². The van der Waals surface area contributed by atoms with E-state index in [1.54, 1.807) is 17.7 Å². The predicted molar refractivity (Wildman–Crippen MR) is 96.2 cm³/mol. The van der Waals surface area contributed by atoms with Gasteiger partial charge in [0.1, 0.15) is 12.7 Å². The minimum absolute atomic E-state index is 0.150. The normalized spacial score (nSPS) is 36.2. The Balaban J connectivity index is 1.49. The maximum absolute atomic E-state index is 4.74. The molecule has 7 rings (SSSR count). The fraction of sp³-hybridized carbons (Fsp3) is 0.526. The first kappa shape index (κ1) is 14.2. The van der Waals surface area contributed by atoms with Crippen molar-refractivity contribution in [3.8, 4) is 10.7 Å². The minimum atomic E-state index is 0.150. The first-order chi connectivity index (χ1) is 12.3. The fourth-order valence-corrected chi connectivity index (χ4v) is 7.16. The number of aromatic nitrogens is 5. The molecule has 0 radical (unpaired) electrons. The average molecular weight is 351 g/mol. The minimum Gasteiger partial charge on any atom is -0.324 e. The Labute approximate surface area is 150 Å². The number of rotatable bonds is 3. The van der Waals surface area contributed by atoms with Crippen LogP contribution >= 0.6 is 11.3 Å². The number of hydrogen-bond acceptors (Lipinski definition) is 4. The lowest BCUT2D eigenvalue weighted by Gasteiger charge is -2.62. The quantitative estimate of drug-likeness (QED) is 0.719. The van der Waals surface area contributed by atoms with Crippen LogP contribution in [0, 0.1) is 11.8 Å². The van der Waals surface area contributed by atoms with Gasteiger partial charge in [0, 0.05) is 17.9 Å². The number of nitrogens with zero attached hydrogens (tertiary/aromatic N) is 5. The first-order valence-electron chi connectivity index (χ1n) is 9.19. The van der Waals surface area contributed by atoms with Gasteiger partial charge in [0.2, 0.25) is 0 Å². The van der Waals surface area contributed by atoms with E-state index in [0.29, 0.717) is 0 Å². The zero-order valence-corrected chi connectivity index (χ0v) is 14.9. The molecule has 3 aromatic heterocycles. The fourth-order valence-electron chi connectivity index (χ4n) is 6.44. The number of thiophene rings is 1. The van der Waals surface area contributed by atoms with Crippen LogP contribution in [0.25, 0.3) is 10.7 Å². The van der Waals surface area contributed by atoms with Gasteiger partial charge in [-0.3, -0.25) is 0 Å². The molecule has 0 spiro atoms. The highest BCUT2D eigenvalue weighted by Gasteiger charge is 2.60. The Morgan fingerprint density at radius 1 is 1.12 bits per heavy atom. The Kier molecular flexibility index (Phi) is 2.74. The van der Waals surface area contributed by atoms with Crippen molar-refractivity contribution in [2.45, 2.75) is 49.6 Å². The van der Waals surface area contributed by atoms with Gasteiger partial charge in [-0.15, -0.1) is 11.3 Å². The van der Waals surface area contributed by atoms with Gasteiger partial charge in [0.05, 0.1) is 10.4 Å². The summed E-state index contributed by atoms with van der Waals surface area (Å²) < 4.78 is 4.70. The van der Waals surface area contributed by atoms with Crippen molar-refractivity contribution in [2.24, 2.45) is 11.8 Å². The summed E-state index contributed by atoms with van der Waals surface area (Å²) in [6.45, 7) is 0. The molecular weight excluding hydrogens is 330 g/mol. The molecule has 5 nitrogen and oxygen atoms in total. The van der Waals surface area contributed by atoms with E-state index < -0.39 is 0 Å². The van der Waals surface area contributed by atoms with Crippen LogP contribution in [0.1, 0.15) is 38.5 Å². The van der Waals surface area contributed by atoms with E-state index in [1.165, 1.54) is 37.0 Å². The van der Waals surface area contributed by atoms with Gasteiger partial charge in [-0.1, -0.05) is 6.07 Å². The summed E-state index contributed by atoms with van der Waals surface area (Å²) >= 11 is 1.78. The summed E-state index contributed by atoms with van der Waals surface area (Å²) in [6, 6.07) is 4.31. The topological polar surface area (TPSA) is 48.5 Å². The number of imidazole rings is 1. The van der Waals surface area contributed by atoms with Crippen LogP contribution in [0.5, 0.6) is 0 Å². The summed E-state index contributed by atoms with van der Waals surface area (Å²) in [6.07, 6.45) is 15.5. The Morgan fingerprint density at radius 3 is 2.68 bits per heavy atom. The molecule has 0 aromatic carbocycles. The second kappa shape index (κ2) is 4.81. The molecular formula is C19H21N5S. The Hall–Kier alpha value is -1.95. The summed E-state index contributed by atoms with van der Waals surface area (Å²) in [5.74, 6) is 2.73. The molecule has 3 heterocycles. The standard InChI is InChI=1S/C19H21N5S/c1-2-16(25-5-1)17-21-3-4-23(17)18-7-14-6-15(8-18)10-19(9-14,11-18)24-13-20-12-22-24/h1-5,12-15H,6-11H2. The molecule has 4 aliphatic carbocycles. The van der Waals surface area contributed by atoms with Gasteiger partial charge in [0.25, 0.3) is 0 Å². The summed E-state index contributed by atoms with van der Waals surface area (Å²) in [5, 5.41) is 6.72. The summed E-state index contributed by atoms with van der Waals surface area (Å²) in [7, 11) is 0. The predicted octanol–water partition coefficient (Wildman–Crippen LogP) is 3.91. The largest absolute Gasteiger partial charge is 0.324 e. The lowest BCUT2D eigenvalue weighted by atomic mass is 9.49. The monoisotopic (exact) mass is 351 g/mol. The van der Waals surface area contributed by atoms with Crippen LogP contribution in [-0.2, 0) is 11.1 Å². The van der Waals surface area contributed by atoms with Gasteiger partial charge >= 0.3 is 0 Å². The van der Waals surface area contributed by atoms with Crippen molar-refractivity contribution >= 4 is 11.3 Å². The average Bonchev–Trinajstić information content (AvgIpc) is 3.34. The highest BCUT2D eigenvalue weighted by atomic mass is 32.1. The maximum atomic E-state index is 4.74. The second-order valence-electron chi connectivity index (χ2n) is 8.35. The van der Waals surface area contributed by atoms with E-state index in [1.807, 2.05) is 12.5 Å². The second-order valence-corrected chi connectivity index (χ2v) is 9.30. The van der Waals surface area contributed by atoms with Crippen LogP contribution in [0.2, 0.25) is 0 Å². The van der Waals surface area contributed by atoms with Gasteiger partial charge in [-0.2, -0.15) is 5.10 Å². The molecule has 3 aromatic rings. The van der Waals surface area contributed by atoms with Crippen molar-refractivity contribution in [2.75, 3.05) is 0 Å². The summed E-state index contributed by atoms with van der Waals surface area (Å²) in [4.78, 5) is 10.3. The van der Waals surface area contributed by atoms with E-state index in [4.69, 9.17) is 4.98 Å². The van der Waals surface area contributed by atoms with Crippen LogP contribution in [-0.4, -0.2) is 24.3 Å². The highest BCUT2D eigenvalue weighted by molar-refractivity contribution is 7.13. The SMILES string of the molecule is c1csc(-c2nccn2C23CC4CC(CC(n5cncn5)(C4)C2)C3)c1. The van der Waals surface area contributed by atoms with Gasteiger partial charge in [-0.25, -0.2) is 14.6 Å². The van der Waals surface area contributed by atoms with Crippen molar-refractivity contribution in [3.05, 3.63) is 42.6 Å². The van der Waals surface area contributed by atoms with E-state index in [-0.39, 0.29) is 11.1 Å². The molecule has 4 saturated carbocycles. The third-order valence-corrected chi connectivity index (χ3v) is 7.66. The molecule has 2 unspecified atom stereocenters. The lowest BCUT2D eigenvalue weighted by molar-refractivity contribution is -0.0968. The van der Waals surface area contributed by atoms with Crippen molar-refractivity contribution in [3.63, 3.8) is 0 Å². The van der Waals surface area contributed by atoms with Gasteiger partial charge in [0.15, 0.2) is 5.82 Å². The zero-order chi connectivity index (χ0) is 16.5. The number of hydrogen-bond donors (Lipinski definition) is 0. The molecule has 128 valence electrons. The molecule has 0 amide bonds. The third-order valence-electron chi connectivity index (χ3n) is 6.80. The van der Waals surface area contributed by atoms with Crippen molar-refractivity contribution in [1.82, 2.24) is 24.3 Å². The molecule has 2 atom stereocenters. The highest BCUT2D eigenvalue weighted by Crippen LogP contribution is 2.63. The molecule has 4 bridgehead atoms. The third kappa shape index (κ3) is 1.91. The molecule has 0 aliphatic heterocycles. The Morgan fingerprint density at radius 2 is 1.96 bits per heavy atom. The van der Waals surface area contributed by atoms with Gasteiger partial charge < -0.3 is 4.57 Å². The van der Waals surface area contributed by atoms with Crippen molar-refractivity contribution < 1.29 is 0 Å². The van der Waals surface area contributed by atoms with Crippen LogP contribution < -0.4 is 0 Å². The van der Waals surface area contributed by atoms with Crippen molar-refractivity contribution in [1.29, 1.82) is 0 Å². The van der Waals surface area contributed by atoms with E-state index in [9.17, 15) is 0 Å². The first-order valence-corrected chi connectivity index (χ1v) is 10.1. The van der Waals surface area contributed by atoms with E-state index in [2.05, 4.69) is 43.0 Å². The summed E-state index contributed by atoms with van der Waals surface area (Å²) in [5.41, 5.74) is 0.337. The molecule has 0 N–H and O–H groups in total. The van der Waals surface area contributed by atoms with Gasteiger partial charge in [-0.05, 0) is 61.8 Å². The molecule has 6 heteroatoms. The van der Waals surface area contributed by atoms with Crippen LogP contribution in [0.4, 0.5) is 0 Å². The molecule has 0 saturated heterocycles. The van der Waals surface area contributed by atoms with Crippen LogP contribution in [0.3, 0.4) is 0 Å². The van der Waals surface area contributed by atoms with E-state index in [0.717, 1.165) is 24.1 Å². The zero-order valence-electron chi connectivity index (χ0n) is 14.1. The molecule has 4 aliphatic rings. The maximum Gasteiger partial charge on any atom is 0.150 e.